The van der Waals surface area contributed by atoms with Gasteiger partial charge < -0.3 is 19.9 Å². The number of allylic oxidation sites excluding steroid dienone is 3. The van der Waals surface area contributed by atoms with Crippen molar-refractivity contribution in [3.63, 3.8) is 0 Å². The van der Waals surface area contributed by atoms with Gasteiger partial charge in [-0.1, -0.05) is 0 Å². The molecule has 0 spiro atoms. The van der Waals surface area contributed by atoms with E-state index in [1.165, 1.54) is 5.56 Å². The highest BCUT2D eigenvalue weighted by molar-refractivity contribution is 6.03. The van der Waals surface area contributed by atoms with Gasteiger partial charge in [-0.2, -0.15) is 0 Å². The Morgan fingerprint density at radius 1 is 1.23 bits per heavy atom. The quantitative estimate of drug-likeness (QED) is 0.661. The third kappa shape index (κ3) is 4.90. The summed E-state index contributed by atoms with van der Waals surface area (Å²) in [5.41, 5.74) is 1.91. The number of likely N-dealkylation sites (N-methyl/N-ethyl adjacent to an activating group) is 2. The molecule has 0 aromatic carbocycles. The van der Waals surface area contributed by atoms with Crippen molar-refractivity contribution in [2.24, 2.45) is 5.41 Å². The van der Waals surface area contributed by atoms with E-state index in [2.05, 4.69) is 10.3 Å². The van der Waals surface area contributed by atoms with Crippen LogP contribution in [0.15, 0.2) is 47.8 Å². The third-order valence-corrected chi connectivity index (χ3v) is 5.46. The smallest absolute Gasteiger partial charge is 0.234 e. The topological polar surface area (TPSA) is 74.8 Å². The minimum Gasteiger partial charge on any atom is -0.497 e. The highest BCUT2D eigenvalue weighted by Gasteiger charge is 2.42. The van der Waals surface area contributed by atoms with Gasteiger partial charge >= 0.3 is 0 Å². The average Bonchev–Trinajstić information content (AvgIpc) is 2.79. The number of nitrogens with zero attached hydrogens (tertiary/aromatic N) is 3. The van der Waals surface area contributed by atoms with Crippen LogP contribution in [-0.2, 0) is 20.9 Å². The van der Waals surface area contributed by atoms with Crippen molar-refractivity contribution in [1.29, 1.82) is 0 Å². The van der Waals surface area contributed by atoms with E-state index in [9.17, 15) is 9.59 Å². The van der Waals surface area contributed by atoms with Crippen LogP contribution < -0.4 is 5.32 Å². The zero-order valence-electron chi connectivity index (χ0n) is 18.4. The first-order valence-corrected chi connectivity index (χ1v) is 10.6. The van der Waals surface area contributed by atoms with Crippen molar-refractivity contribution in [1.82, 2.24) is 20.1 Å². The average molecular weight is 413 g/mol. The Bertz CT molecular complexity index is 845. The fourth-order valence-electron chi connectivity index (χ4n) is 3.98. The molecule has 0 unspecified atom stereocenters. The number of ether oxygens (including phenoxy) is 1. The van der Waals surface area contributed by atoms with Crippen LogP contribution in [0.1, 0.15) is 39.2 Å². The molecule has 0 radical (unpaired) electrons. The van der Waals surface area contributed by atoms with Gasteiger partial charge in [-0.25, -0.2) is 0 Å². The summed E-state index contributed by atoms with van der Waals surface area (Å²) in [6.45, 7) is 8.95. The van der Waals surface area contributed by atoms with Crippen LogP contribution in [-0.4, -0.2) is 59.8 Å². The summed E-state index contributed by atoms with van der Waals surface area (Å²) in [5, 5.41) is 3.38. The summed E-state index contributed by atoms with van der Waals surface area (Å²) in [4.78, 5) is 33.5. The molecule has 2 aliphatic rings. The van der Waals surface area contributed by atoms with Gasteiger partial charge in [-0.15, -0.1) is 0 Å². The Hall–Kier alpha value is -2.67. The van der Waals surface area contributed by atoms with Crippen molar-refractivity contribution >= 4 is 11.7 Å². The van der Waals surface area contributed by atoms with Crippen LogP contribution in [0.5, 0.6) is 0 Å². The molecule has 0 saturated carbocycles. The maximum absolute atomic E-state index is 13.0. The molecule has 1 amide bonds. The molecule has 1 aromatic rings. The lowest BCUT2D eigenvalue weighted by Crippen LogP contribution is -2.43. The number of Topliss-reactive ketones (excluding diaryl/α,β-unsaturated/α-hetero) is 1. The molecule has 1 aliphatic heterocycles. The Balaban J connectivity index is 1.60. The number of nitrogens with one attached hydrogen (secondary N) is 1. The standard InChI is InChI=1S/C23H32N4O3/c1-5-27-21-19(26(4)16-23(2,3)22(27)29)13-18(14-20(21)28)30-12-6-9-25-15-17-7-10-24-11-8-17/h7-8,10-11,13,25H,5-6,9,12,14-16H2,1-4H3. The molecular formula is C23H32N4O3. The maximum Gasteiger partial charge on any atom is 0.234 e. The lowest BCUT2D eigenvalue weighted by molar-refractivity contribution is -0.139. The van der Waals surface area contributed by atoms with Crippen molar-refractivity contribution in [2.45, 2.75) is 40.2 Å². The second-order valence-corrected chi connectivity index (χ2v) is 8.47. The summed E-state index contributed by atoms with van der Waals surface area (Å²) < 4.78 is 5.92. The van der Waals surface area contributed by atoms with Crippen LogP contribution in [0.3, 0.4) is 0 Å². The van der Waals surface area contributed by atoms with E-state index in [0.29, 0.717) is 31.2 Å². The fourth-order valence-corrected chi connectivity index (χ4v) is 3.98. The van der Waals surface area contributed by atoms with E-state index in [0.717, 1.165) is 25.2 Å². The summed E-state index contributed by atoms with van der Waals surface area (Å²) in [5.74, 6) is 0.606. The summed E-state index contributed by atoms with van der Waals surface area (Å²) >= 11 is 0. The van der Waals surface area contributed by atoms with Crippen LogP contribution in [0.2, 0.25) is 0 Å². The van der Waals surface area contributed by atoms with Gasteiger partial charge in [-0.05, 0) is 51.4 Å². The number of amides is 1. The molecule has 1 aliphatic carbocycles. The SMILES string of the molecule is CCN1C(=O)C(C)(C)CN(C)C2=C1C(=O)CC(OCCCNCc1ccncc1)=C2. The van der Waals surface area contributed by atoms with Crippen LogP contribution in [0.4, 0.5) is 0 Å². The first-order chi connectivity index (χ1) is 14.3. The second-order valence-electron chi connectivity index (χ2n) is 8.47. The van der Waals surface area contributed by atoms with E-state index < -0.39 is 5.41 Å². The largest absolute Gasteiger partial charge is 0.497 e. The number of ketones is 1. The Morgan fingerprint density at radius 3 is 2.67 bits per heavy atom. The molecule has 7 nitrogen and oxygen atoms in total. The summed E-state index contributed by atoms with van der Waals surface area (Å²) in [6, 6.07) is 3.98. The molecule has 162 valence electrons. The van der Waals surface area contributed by atoms with Crippen molar-refractivity contribution < 1.29 is 14.3 Å². The number of aromatic nitrogens is 1. The van der Waals surface area contributed by atoms with E-state index in [-0.39, 0.29) is 18.1 Å². The Kier molecular flexibility index (Phi) is 6.92. The minimum absolute atomic E-state index is 0.00626. The molecule has 0 fully saturated rings. The van der Waals surface area contributed by atoms with Gasteiger partial charge in [0.15, 0.2) is 5.78 Å². The molecule has 7 heteroatoms. The first-order valence-electron chi connectivity index (χ1n) is 10.6. The molecule has 1 aromatic heterocycles. The summed E-state index contributed by atoms with van der Waals surface area (Å²) in [6.07, 6.45) is 6.54. The third-order valence-electron chi connectivity index (χ3n) is 5.46. The van der Waals surface area contributed by atoms with Crippen molar-refractivity contribution in [3.8, 4) is 0 Å². The van der Waals surface area contributed by atoms with E-state index in [1.54, 1.807) is 17.3 Å². The molecule has 30 heavy (non-hydrogen) atoms. The van der Waals surface area contributed by atoms with Gasteiger partial charge in [-0.3, -0.25) is 14.6 Å². The van der Waals surface area contributed by atoms with E-state index in [1.807, 2.05) is 50.9 Å². The zero-order chi connectivity index (χ0) is 21.7. The molecule has 0 bridgehead atoms. The van der Waals surface area contributed by atoms with Crippen LogP contribution in [0.25, 0.3) is 0 Å². The van der Waals surface area contributed by atoms with Gasteiger partial charge in [0.1, 0.15) is 11.5 Å². The van der Waals surface area contributed by atoms with Crippen LogP contribution >= 0.6 is 0 Å². The number of pyridine rings is 1. The zero-order valence-corrected chi connectivity index (χ0v) is 18.4. The van der Waals surface area contributed by atoms with Gasteiger partial charge in [0.05, 0.1) is 24.1 Å². The lowest BCUT2D eigenvalue weighted by atomic mass is 9.91. The normalized spacial score (nSPS) is 18.9. The predicted molar refractivity (Wildman–Crippen MR) is 115 cm³/mol. The van der Waals surface area contributed by atoms with Gasteiger partial charge in [0, 0.05) is 45.2 Å². The van der Waals surface area contributed by atoms with Crippen molar-refractivity contribution in [3.05, 3.63) is 53.3 Å². The first kappa shape index (κ1) is 22.0. The predicted octanol–water partition coefficient (Wildman–Crippen LogP) is 2.47. The number of carbonyl (C=O) groups is 2. The number of hydrogen-bond acceptors (Lipinski definition) is 6. The molecule has 0 saturated heterocycles. The van der Waals surface area contributed by atoms with Gasteiger partial charge in [0.2, 0.25) is 5.91 Å². The lowest BCUT2D eigenvalue weighted by Gasteiger charge is -2.29. The fraction of sp³-hybridized carbons (Fsp3) is 0.522. The molecule has 0 atom stereocenters. The van der Waals surface area contributed by atoms with E-state index in [4.69, 9.17) is 4.74 Å². The molecule has 2 heterocycles. The van der Waals surface area contributed by atoms with Crippen molar-refractivity contribution in [2.75, 3.05) is 33.3 Å². The highest BCUT2D eigenvalue weighted by Crippen LogP contribution is 2.34. The monoisotopic (exact) mass is 412 g/mol. The van der Waals surface area contributed by atoms with Crippen LogP contribution in [0, 0.1) is 5.41 Å². The van der Waals surface area contributed by atoms with E-state index >= 15 is 0 Å². The highest BCUT2D eigenvalue weighted by atomic mass is 16.5. The number of hydrogen-bond donors (Lipinski definition) is 1. The Labute approximate surface area is 178 Å². The molecular weight excluding hydrogens is 380 g/mol. The summed E-state index contributed by atoms with van der Waals surface area (Å²) in [7, 11) is 1.93. The second kappa shape index (κ2) is 9.43. The molecule has 1 N–H and O–H groups in total. The molecule has 3 rings (SSSR count). The van der Waals surface area contributed by atoms with Gasteiger partial charge in [0.25, 0.3) is 0 Å². The minimum atomic E-state index is -0.558. The maximum atomic E-state index is 13.0. The number of carbonyl (C=O) groups excluding carboxylic acids is 2. The Morgan fingerprint density at radius 2 is 1.97 bits per heavy atom. The number of rotatable bonds is 8.